The second-order valence-electron chi connectivity index (χ2n) is 35.6. The van der Waals surface area contributed by atoms with Crippen LogP contribution in [-0.2, 0) is 35.5 Å². The van der Waals surface area contributed by atoms with E-state index < -0.39 is 46.2 Å². The van der Waals surface area contributed by atoms with E-state index in [1.807, 2.05) is 135 Å². The zero-order valence-corrected chi connectivity index (χ0v) is 80.2. The standard InChI is InChI=1S/2C33H34ClFN8O2.C32H31ClF2N8O3/c2*1-8-25(44)41-14-19(5)42(15-18(41)4)30-22-13-23(34)27(21-11-9-10-12-24(21)35)38-31(22)43(33(45)39-30)29-20(6)37-32-28(26(29)17(2)3)36-16-40(32)7;1-7-22(45)41-12-17(5)42(13-16(41)4)29-18-11-19(33)25(24-20(34)9-8-10-21(24)44)37-30(18)43(32(46)39-29)27-23(15(2)3)26-31(38-28(27)35)40(6)14-36-26/h2*8-13,16-19H,1,14-15H2,2-7H3;7-11,14-17,44H,1,12-13H2,2-6H3/t2*18-,19+;16-,17+/m111/s1. The molecule has 15 heterocycles. The molecule has 0 aliphatic carbocycles. The van der Waals surface area contributed by atoms with Crippen molar-refractivity contribution in [1.82, 2.24) is 102 Å². The molecule has 0 bridgehead atoms. The number of anilines is 3. The third-order valence-electron chi connectivity index (χ3n) is 25.3. The molecule has 3 fully saturated rings. The van der Waals surface area contributed by atoms with E-state index in [-0.39, 0.29) is 160 Å². The summed E-state index contributed by atoms with van der Waals surface area (Å²) in [7, 11) is 5.43. The summed E-state index contributed by atoms with van der Waals surface area (Å²) in [5, 5.41) is 12.3. The first-order valence-electron chi connectivity index (χ1n) is 44.3. The molecule has 3 aliphatic heterocycles. The van der Waals surface area contributed by atoms with Crippen LogP contribution in [0.5, 0.6) is 5.75 Å². The number of phenols is 1. The molecular formula is C98H99Cl3F4N24O7. The fraction of sp³-hybridized carbons (Fsp3) is 0.327. The number of phenolic OH excluding ortho intramolecular Hbond substituents is 1. The molecule has 0 saturated carbocycles. The number of benzene rings is 3. The van der Waals surface area contributed by atoms with Crippen LogP contribution in [0.2, 0.25) is 15.1 Å². The second kappa shape index (κ2) is 37.2. The highest BCUT2D eigenvalue weighted by Crippen LogP contribution is 2.45. The Labute approximate surface area is 793 Å². The van der Waals surface area contributed by atoms with Gasteiger partial charge in [0.2, 0.25) is 23.7 Å². The van der Waals surface area contributed by atoms with Gasteiger partial charge in [0.1, 0.15) is 62.9 Å². The van der Waals surface area contributed by atoms with E-state index in [2.05, 4.69) is 59.6 Å². The molecule has 3 aromatic carbocycles. The van der Waals surface area contributed by atoms with Gasteiger partial charge in [0.15, 0.2) is 33.9 Å². The second-order valence-corrected chi connectivity index (χ2v) is 36.8. The van der Waals surface area contributed by atoms with Crippen molar-refractivity contribution in [2.24, 2.45) is 21.1 Å². The fourth-order valence-corrected chi connectivity index (χ4v) is 19.5. The fourth-order valence-electron chi connectivity index (χ4n) is 18.8. The minimum absolute atomic E-state index is 0.0369. The monoisotopic (exact) mass is 1900 g/mol. The van der Waals surface area contributed by atoms with E-state index in [4.69, 9.17) is 54.7 Å². The van der Waals surface area contributed by atoms with E-state index >= 15 is 17.6 Å². The van der Waals surface area contributed by atoms with Gasteiger partial charge in [-0.25, -0.2) is 81.1 Å². The zero-order valence-electron chi connectivity index (χ0n) is 77.9. The third-order valence-corrected chi connectivity index (χ3v) is 26.2. The van der Waals surface area contributed by atoms with Crippen molar-refractivity contribution in [3.8, 4) is 56.6 Å². The van der Waals surface area contributed by atoms with Crippen LogP contribution >= 0.6 is 34.8 Å². The molecule has 3 amide bonds. The van der Waals surface area contributed by atoms with Crippen LogP contribution in [0.15, 0.2) is 156 Å². The number of imidazole rings is 3. The summed E-state index contributed by atoms with van der Waals surface area (Å²) in [4.78, 5) is 147. The number of hydrogen-bond acceptors (Lipinski definition) is 22. The van der Waals surface area contributed by atoms with Gasteiger partial charge in [0, 0.05) is 124 Å². The number of aromatic nitrogens is 18. The summed E-state index contributed by atoms with van der Waals surface area (Å²) < 4.78 is 70.8. The number of halogens is 7. The van der Waals surface area contributed by atoms with Gasteiger partial charge in [0.25, 0.3) is 0 Å². The number of amides is 3. The molecule has 136 heavy (non-hydrogen) atoms. The minimum atomic E-state index is -0.955. The largest absolute Gasteiger partial charge is 0.507 e. The molecule has 3 aliphatic rings. The van der Waals surface area contributed by atoms with Crippen LogP contribution < -0.4 is 31.8 Å². The number of aryl methyl sites for hydroxylation is 5. The van der Waals surface area contributed by atoms with Crippen molar-refractivity contribution in [2.75, 3.05) is 54.0 Å². The number of fused-ring (bicyclic) bond motifs is 6. The van der Waals surface area contributed by atoms with Gasteiger partial charge < -0.3 is 48.2 Å². The predicted molar refractivity (Wildman–Crippen MR) is 521 cm³/mol. The van der Waals surface area contributed by atoms with Gasteiger partial charge in [-0.1, -0.05) is 126 Å². The van der Waals surface area contributed by atoms with Gasteiger partial charge in [-0.05, 0) is 146 Å². The normalized spacial score (nSPS) is 17.1. The number of carbonyl (C=O) groups is 3. The van der Waals surface area contributed by atoms with Crippen molar-refractivity contribution in [1.29, 1.82) is 0 Å². The SMILES string of the molecule is C=CC(=O)N1C[C@H](C)N(c2nc(=O)n(-c3c(C)nc4c(ncn4C)c3C(C)C)c3nc(-c4ccccc4F)c(Cl)cc23)C[C@H]1C.C=CC(=O)N1C[C@H](C)N(c2nc(=O)n(-c3c(C)nc4c(ncn4C)c3C(C)C)c3nc(-c4ccccc4F)c(Cl)cc23)C[C@H]1C.C=CC(=O)N1C[C@H](C)N(c2nc(=O)n(-c3c(F)nc4c(ncn4C)c3C(C)C)c3nc(-c4c(O)cccc4F)c(Cl)cc23)C[C@H]1C. The summed E-state index contributed by atoms with van der Waals surface area (Å²) in [6.07, 6.45) is 8.77. The number of piperazine rings is 3. The van der Waals surface area contributed by atoms with Crippen LogP contribution in [0.1, 0.15) is 129 Å². The first kappa shape index (κ1) is 95.0. The smallest absolute Gasteiger partial charge is 0.356 e. The Hall–Kier alpha value is -14.2. The first-order valence-corrected chi connectivity index (χ1v) is 45.4. The van der Waals surface area contributed by atoms with Gasteiger partial charge >= 0.3 is 17.1 Å². The van der Waals surface area contributed by atoms with Crippen molar-refractivity contribution in [3.63, 3.8) is 0 Å². The molecule has 12 aromatic heterocycles. The summed E-state index contributed by atoms with van der Waals surface area (Å²) in [5.41, 5.74) is 6.30. The van der Waals surface area contributed by atoms with Crippen molar-refractivity contribution < 1.29 is 37.1 Å². The maximum Gasteiger partial charge on any atom is 0.356 e. The number of nitrogens with zero attached hydrogens (tertiary/aromatic N) is 24. The highest BCUT2D eigenvalue weighted by molar-refractivity contribution is 6.35. The Bertz CT molecular complexity index is 7370. The molecule has 38 heteroatoms. The maximum absolute atomic E-state index is 16.2. The Kier molecular flexibility index (Phi) is 26.0. The Morgan fingerprint density at radius 1 is 0.404 bits per heavy atom. The molecule has 0 radical (unpaired) electrons. The molecule has 15 aromatic rings. The molecule has 1 N–H and O–H groups in total. The summed E-state index contributed by atoms with van der Waals surface area (Å²) in [6.45, 7) is 40.2. The van der Waals surface area contributed by atoms with E-state index in [1.54, 1.807) is 87.5 Å². The van der Waals surface area contributed by atoms with Gasteiger partial charge in [-0.15, -0.1) is 0 Å². The molecule has 0 spiro atoms. The van der Waals surface area contributed by atoms with E-state index in [0.717, 1.165) is 21.8 Å². The van der Waals surface area contributed by atoms with Crippen LogP contribution in [0.25, 0.3) is 117 Å². The molecule has 6 atom stereocenters. The molecule has 18 rings (SSSR count). The number of carbonyl (C=O) groups excluding carboxylic acids is 3. The lowest BCUT2D eigenvalue weighted by atomic mass is 9.99. The van der Waals surface area contributed by atoms with E-state index in [0.29, 0.717) is 118 Å². The molecular weight excluding hydrogens is 1810 g/mol. The number of aromatic hydroxyl groups is 1. The summed E-state index contributed by atoms with van der Waals surface area (Å²) in [6, 6.07) is 19.8. The number of hydrogen-bond donors (Lipinski definition) is 1. The third kappa shape index (κ3) is 16.6. The quantitative estimate of drug-likeness (QED) is 0.0566. The van der Waals surface area contributed by atoms with Gasteiger partial charge in [-0.2, -0.15) is 24.3 Å². The summed E-state index contributed by atoms with van der Waals surface area (Å²) in [5.74, 6) is -3.13. The molecule has 3 saturated heterocycles. The van der Waals surface area contributed by atoms with Crippen LogP contribution in [-0.4, -0.2) is 200 Å². The zero-order chi connectivity index (χ0) is 97.8. The molecule has 0 unspecified atom stereocenters. The predicted octanol–water partition coefficient (Wildman–Crippen LogP) is 16.2. The van der Waals surface area contributed by atoms with Crippen molar-refractivity contribution in [2.45, 2.75) is 151 Å². The highest BCUT2D eigenvalue weighted by atomic mass is 35.5. The van der Waals surface area contributed by atoms with Gasteiger partial charge in [0.05, 0.1) is 95.6 Å². The Balaban J connectivity index is 0.000000148. The summed E-state index contributed by atoms with van der Waals surface area (Å²) >= 11 is 20.4. The van der Waals surface area contributed by atoms with Crippen molar-refractivity contribution >= 4 is 137 Å². The van der Waals surface area contributed by atoms with Gasteiger partial charge in [-0.3, -0.25) is 14.4 Å². The van der Waals surface area contributed by atoms with Crippen molar-refractivity contribution in [3.05, 3.63) is 240 Å². The molecule has 31 nitrogen and oxygen atoms in total. The van der Waals surface area contributed by atoms with Crippen LogP contribution in [0.4, 0.5) is 35.0 Å². The lowest BCUT2D eigenvalue weighted by Crippen LogP contribution is -2.58. The number of pyridine rings is 6. The minimum Gasteiger partial charge on any atom is -0.507 e. The average Bonchev–Trinajstić information content (AvgIpc) is 1.12. The van der Waals surface area contributed by atoms with E-state index in [9.17, 15) is 33.9 Å². The number of rotatable bonds is 15. The topological polar surface area (TPSA) is 326 Å². The van der Waals surface area contributed by atoms with Crippen LogP contribution in [0, 0.1) is 37.2 Å². The maximum atomic E-state index is 16.2. The van der Waals surface area contributed by atoms with Crippen LogP contribution in [0.3, 0.4) is 0 Å². The molecule has 702 valence electrons. The average molecular weight is 1910 g/mol. The highest BCUT2D eigenvalue weighted by Gasteiger charge is 2.40. The first-order chi connectivity index (χ1) is 64.7. The van der Waals surface area contributed by atoms with E-state index in [1.165, 1.54) is 64.0 Å². The lowest BCUT2D eigenvalue weighted by molar-refractivity contribution is -0.129. The Morgan fingerprint density at radius 3 is 1.04 bits per heavy atom. The lowest BCUT2D eigenvalue weighted by Gasteiger charge is -2.44. The Morgan fingerprint density at radius 2 is 0.713 bits per heavy atom.